The molecule has 1 fully saturated rings. The SMILES string of the molecule is CCC(CNC)N(C(=O)Cc1ccccc1)[C@@H](C)c1nc2ccc(-c3cnc(-c4ccc(C)c(NC(=O)[C@@H]5CCCCN5C(=O)Cc5ccccc5)c4)o3)cc2[nH]1. The van der Waals surface area contributed by atoms with Crippen molar-refractivity contribution in [3.8, 4) is 22.8 Å². The fourth-order valence-corrected chi connectivity index (χ4v) is 7.81. The third-order valence-corrected chi connectivity index (χ3v) is 11.0. The topological polar surface area (TPSA) is 136 Å². The van der Waals surface area contributed by atoms with Crippen molar-refractivity contribution in [3.05, 3.63) is 126 Å². The number of aromatic amines is 1. The number of oxazole rings is 1. The van der Waals surface area contributed by atoms with Gasteiger partial charge in [0, 0.05) is 35.9 Å². The molecule has 11 nitrogen and oxygen atoms in total. The molecule has 57 heavy (non-hydrogen) atoms. The van der Waals surface area contributed by atoms with Crippen molar-refractivity contribution < 1.29 is 18.8 Å². The van der Waals surface area contributed by atoms with Gasteiger partial charge in [0.2, 0.25) is 23.6 Å². The van der Waals surface area contributed by atoms with E-state index in [1.165, 1.54) is 0 Å². The summed E-state index contributed by atoms with van der Waals surface area (Å²) in [5.74, 6) is 1.53. The minimum absolute atomic E-state index is 0.00992. The van der Waals surface area contributed by atoms with Gasteiger partial charge in [-0.05, 0) is 93.6 Å². The van der Waals surface area contributed by atoms with E-state index in [0.717, 1.165) is 52.5 Å². The third kappa shape index (κ3) is 8.99. The van der Waals surface area contributed by atoms with Crippen LogP contribution in [0, 0.1) is 6.92 Å². The maximum atomic E-state index is 13.8. The number of likely N-dealkylation sites (tertiary alicyclic amines) is 1. The number of piperidine rings is 1. The van der Waals surface area contributed by atoms with E-state index < -0.39 is 6.04 Å². The zero-order valence-corrected chi connectivity index (χ0v) is 33.1. The second-order valence-electron chi connectivity index (χ2n) is 14.9. The maximum absolute atomic E-state index is 13.8. The Balaban J connectivity index is 1.07. The minimum Gasteiger partial charge on any atom is -0.436 e. The molecule has 3 heterocycles. The maximum Gasteiger partial charge on any atom is 0.247 e. The first-order chi connectivity index (χ1) is 27.7. The first-order valence-electron chi connectivity index (χ1n) is 19.9. The van der Waals surface area contributed by atoms with Gasteiger partial charge in [0.05, 0.1) is 36.1 Å². The summed E-state index contributed by atoms with van der Waals surface area (Å²) in [7, 11) is 1.91. The fourth-order valence-electron chi connectivity index (χ4n) is 7.81. The van der Waals surface area contributed by atoms with Crippen molar-refractivity contribution in [1.29, 1.82) is 0 Å². The van der Waals surface area contributed by atoms with E-state index in [1.54, 1.807) is 11.1 Å². The van der Waals surface area contributed by atoms with E-state index >= 15 is 0 Å². The van der Waals surface area contributed by atoms with Gasteiger partial charge < -0.3 is 29.8 Å². The highest BCUT2D eigenvalue weighted by atomic mass is 16.4. The normalized spacial score (nSPS) is 15.3. The number of nitrogens with one attached hydrogen (secondary N) is 3. The van der Waals surface area contributed by atoms with Gasteiger partial charge in [0.15, 0.2) is 5.76 Å². The molecule has 7 rings (SSSR count). The van der Waals surface area contributed by atoms with Gasteiger partial charge in [-0.15, -0.1) is 0 Å². The summed E-state index contributed by atoms with van der Waals surface area (Å²) in [5, 5.41) is 6.37. The molecule has 1 unspecified atom stereocenters. The monoisotopic (exact) mass is 765 g/mol. The largest absolute Gasteiger partial charge is 0.436 e. The molecule has 1 aliphatic heterocycles. The molecular formula is C46H51N7O4. The van der Waals surface area contributed by atoms with E-state index in [4.69, 9.17) is 9.40 Å². The van der Waals surface area contributed by atoms with Crippen LogP contribution in [0.2, 0.25) is 0 Å². The lowest BCUT2D eigenvalue weighted by Crippen LogP contribution is -2.50. The minimum atomic E-state index is -0.536. The molecule has 0 saturated carbocycles. The number of hydrogen-bond acceptors (Lipinski definition) is 7. The van der Waals surface area contributed by atoms with Gasteiger partial charge in [-0.1, -0.05) is 73.7 Å². The molecule has 11 heteroatoms. The Morgan fingerprint density at radius 2 is 1.65 bits per heavy atom. The molecular weight excluding hydrogens is 715 g/mol. The van der Waals surface area contributed by atoms with Crippen LogP contribution in [0.4, 0.5) is 5.69 Å². The lowest BCUT2D eigenvalue weighted by Gasteiger charge is -2.35. The van der Waals surface area contributed by atoms with Crippen LogP contribution in [-0.2, 0) is 27.2 Å². The Kier molecular flexibility index (Phi) is 12.2. The molecule has 0 spiro atoms. The van der Waals surface area contributed by atoms with E-state index in [-0.39, 0.29) is 36.2 Å². The number of fused-ring (bicyclic) bond motifs is 1. The van der Waals surface area contributed by atoms with Crippen LogP contribution in [0.1, 0.15) is 68.1 Å². The average molecular weight is 766 g/mol. The number of H-pyrrole nitrogens is 1. The first kappa shape index (κ1) is 39.2. The van der Waals surface area contributed by atoms with Crippen molar-refractivity contribution in [1.82, 2.24) is 30.1 Å². The highest BCUT2D eigenvalue weighted by Crippen LogP contribution is 2.32. The van der Waals surface area contributed by atoms with Gasteiger partial charge in [0.25, 0.3) is 0 Å². The lowest BCUT2D eigenvalue weighted by atomic mass is 9.99. The molecule has 4 aromatic carbocycles. The fraction of sp³-hybridized carbons (Fsp3) is 0.326. The number of aromatic nitrogens is 3. The summed E-state index contributed by atoms with van der Waals surface area (Å²) in [4.78, 5) is 57.6. The molecule has 3 atom stereocenters. The molecule has 0 radical (unpaired) electrons. The number of benzene rings is 4. The number of amides is 3. The molecule has 3 amide bonds. The predicted molar refractivity (Wildman–Crippen MR) is 223 cm³/mol. The second-order valence-corrected chi connectivity index (χ2v) is 14.9. The number of nitrogens with zero attached hydrogens (tertiary/aromatic N) is 4. The zero-order valence-electron chi connectivity index (χ0n) is 33.1. The number of rotatable bonds is 14. The number of carbonyl (C=O) groups excluding carboxylic acids is 3. The molecule has 6 aromatic rings. The van der Waals surface area contributed by atoms with Crippen molar-refractivity contribution in [2.45, 2.75) is 77.4 Å². The third-order valence-electron chi connectivity index (χ3n) is 11.0. The number of anilines is 1. The van der Waals surface area contributed by atoms with E-state index in [1.807, 2.05) is 123 Å². The van der Waals surface area contributed by atoms with Crippen molar-refractivity contribution >= 4 is 34.4 Å². The summed E-state index contributed by atoms with van der Waals surface area (Å²) in [5.41, 5.74) is 6.60. The van der Waals surface area contributed by atoms with E-state index in [0.29, 0.717) is 54.7 Å². The predicted octanol–water partition coefficient (Wildman–Crippen LogP) is 7.89. The molecule has 1 aliphatic rings. The number of aryl methyl sites for hydroxylation is 1. The number of likely N-dealkylation sites (N-methyl/N-ethyl adjacent to an activating group) is 1. The molecule has 2 aromatic heterocycles. The quantitative estimate of drug-likeness (QED) is 0.103. The highest BCUT2D eigenvalue weighted by Gasteiger charge is 2.33. The van der Waals surface area contributed by atoms with Crippen molar-refractivity contribution in [3.63, 3.8) is 0 Å². The molecule has 294 valence electrons. The van der Waals surface area contributed by atoms with Gasteiger partial charge in [0.1, 0.15) is 11.9 Å². The van der Waals surface area contributed by atoms with Crippen molar-refractivity contribution in [2.24, 2.45) is 0 Å². The standard InChI is InChI=1S/C46H51N7O4/c1-5-36(28-47-4)53(43(55)25-33-16-10-7-11-17-33)31(3)44-49-37-22-21-34(26-39(37)50-44)41-29-48-46(57-41)35-20-19-30(2)38(27-35)51-45(56)40-18-12-13-23-52(40)42(54)24-32-14-8-6-9-15-32/h6-11,14-17,19-22,26-27,29,31,36,40,47H,5,12-13,18,23-25,28H2,1-4H3,(H,49,50)(H,51,56)/t31-,36?,40-/m0/s1. The smallest absolute Gasteiger partial charge is 0.247 e. The van der Waals surface area contributed by atoms with Crippen LogP contribution in [0.15, 0.2) is 108 Å². The molecule has 0 aliphatic carbocycles. The van der Waals surface area contributed by atoms with Gasteiger partial charge in [-0.3, -0.25) is 14.4 Å². The van der Waals surface area contributed by atoms with Crippen LogP contribution in [0.5, 0.6) is 0 Å². The van der Waals surface area contributed by atoms with Crippen LogP contribution in [-0.4, -0.2) is 74.7 Å². The Morgan fingerprint density at radius 1 is 0.930 bits per heavy atom. The summed E-state index contributed by atoms with van der Waals surface area (Å²) >= 11 is 0. The molecule has 3 N–H and O–H groups in total. The van der Waals surface area contributed by atoms with E-state index in [9.17, 15) is 14.4 Å². The summed E-state index contributed by atoms with van der Waals surface area (Å²) in [6, 6.07) is 30.2. The molecule has 1 saturated heterocycles. The average Bonchev–Trinajstić information content (AvgIpc) is 3.90. The summed E-state index contributed by atoms with van der Waals surface area (Å²) < 4.78 is 6.31. The van der Waals surface area contributed by atoms with Gasteiger partial charge in [-0.25, -0.2) is 9.97 Å². The summed E-state index contributed by atoms with van der Waals surface area (Å²) in [6.07, 6.45) is 5.46. The lowest BCUT2D eigenvalue weighted by molar-refractivity contribution is -0.139. The Labute approximate surface area is 333 Å². The highest BCUT2D eigenvalue weighted by molar-refractivity contribution is 5.98. The van der Waals surface area contributed by atoms with E-state index in [2.05, 4.69) is 27.5 Å². The number of carbonyl (C=O) groups is 3. The van der Waals surface area contributed by atoms with Gasteiger partial charge >= 0.3 is 0 Å². The number of hydrogen-bond donors (Lipinski definition) is 3. The van der Waals surface area contributed by atoms with Crippen LogP contribution < -0.4 is 10.6 Å². The van der Waals surface area contributed by atoms with Gasteiger partial charge in [-0.2, -0.15) is 0 Å². The summed E-state index contributed by atoms with van der Waals surface area (Å²) in [6.45, 7) is 7.30. The van der Waals surface area contributed by atoms with Crippen LogP contribution >= 0.6 is 0 Å². The number of imidazole rings is 1. The first-order valence-corrected chi connectivity index (χ1v) is 19.9. The second kappa shape index (κ2) is 17.8. The Bertz CT molecular complexity index is 2320. The van der Waals surface area contributed by atoms with Crippen molar-refractivity contribution in [2.75, 3.05) is 25.5 Å². The Hall–Kier alpha value is -6.07. The zero-order chi connectivity index (χ0) is 39.9. The van der Waals surface area contributed by atoms with Crippen LogP contribution in [0.25, 0.3) is 33.8 Å². The van der Waals surface area contributed by atoms with Crippen LogP contribution in [0.3, 0.4) is 0 Å². The molecule has 0 bridgehead atoms. The Morgan fingerprint density at radius 3 is 2.37 bits per heavy atom.